The molecule has 1 aliphatic rings. The number of amides is 1. The van der Waals surface area contributed by atoms with Gasteiger partial charge in [0.15, 0.2) is 23.3 Å². The monoisotopic (exact) mass is 515 g/mol. The van der Waals surface area contributed by atoms with E-state index in [4.69, 9.17) is 0 Å². The van der Waals surface area contributed by atoms with Crippen LogP contribution in [0.4, 0.5) is 39.0 Å². The summed E-state index contributed by atoms with van der Waals surface area (Å²) in [6, 6.07) is 15.0. The molecule has 0 atom stereocenters. The maximum absolute atomic E-state index is 14.1. The Labute approximate surface area is 212 Å². The van der Waals surface area contributed by atoms with Crippen LogP contribution in [0.2, 0.25) is 0 Å². The van der Waals surface area contributed by atoms with Gasteiger partial charge in [-0.2, -0.15) is 0 Å². The molecule has 4 rings (SSSR count). The van der Waals surface area contributed by atoms with Crippen LogP contribution in [-0.4, -0.2) is 32.1 Å². The van der Waals surface area contributed by atoms with Gasteiger partial charge in [0.1, 0.15) is 5.69 Å². The molecular formula is C28H26F5N3O. The molecule has 1 amide bonds. The maximum Gasteiger partial charge on any atom is 0.248 e. The number of piperazine rings is 1. The number of anilines is 3. The Bertz CT molecular complexity index is 1270. The first kappa shape index (κ1) is 26.2. The van der Waals surface area contributed by atoms with Gasteiger partial charge in [0.05, 0.1) is 0 Å². The summed E-state index contributed by atoms with van der Waals surface area (Å²) in [5.41, 5.74) is 2.63. The minimum absolute atomic E-state index is 0.0692. The molecule has 0 spiro atoms. The van der Waals surface area contributed by atoms with Crippen molar-refractivity contribution in [1.82, 2.24) is 0 Å². The molecule has 9 heteroatoms. The molecule has 0 aromatic heterocycles. The van der Waals surface area contributed by atoms with Gasteiger partial charge in [-0.1, -0.05) is 38.1 Å². The van der Waals surface area contributed by atoms with Crippen LogP contribution in [0.1, 0.15) is 30.9 Å². The van der Waals surface area contributed by atoms with Gasteiger partial charge < -0.3 is 15.1 Å². The Morgan fingerprint density at radius 3 is 1.81 bits per heavy atom. The number of rotatable bonds is 6. The minimum atomic E-state index is -2.17. The topological polar surface area (TPSA) is 35.6 Å². The molecule has 3 aromatic carbocycles. The van der Waals surface area contributed by atoms with Crippen LogP contribution >= 0.6 is 0 Å². The average molecular weight is 516 g/mol. The fourth-order valence-electron chi connectivity index (χ4n) is 4.16. The average Bonchev–Trinajstić information content (AvgIpc) is 2.91. The Morgan fingerprint density at radius 2 is 1.27 bits per heavy atom. The first-order valence-electron chi connectivity index (χ1n) is 11.9. The minimum Gasteiger partial charge on any atom is -0.368 e. The highest BCUT2D eigenvalue weighted by Crippen LogP contribution is 2.31. The van der Waals surface area contributed by atoms with E-state index in [-0.39, 0.29) is 19.0 Å². The van der Waals surface area contributed by atoms with Crippen molar-refractivity contribution < 1.29 is 26.7 Å². The van der Waals surface area contributed by atoms with E-state index in [0.717, 1.165) is 16.2 Å². The Kier molecular flexibility index (Phi) is 7.80. The van der Waals surface area contributed by atoms with E-state index in [2.05, 4.69) is 19.2 Å². The quantitative estimate of drug-likeness (QED) is 0.177. The Morgan fingerprint density at radius 1 is 0.757 bits per heavy atom. The van der Waals surface area contributed by atoms with Crippen LogP contribution in [0, 0.1) is 29.1 Å². The van der Waals surface area contributed by atoms with E-state index in [1.165, 1.54) is 11.6 Å². The van der Waals surface area contributed by atoms with Crippen molar-refractivity contribution in [3.8, 4) is 0 Å². The lowest BCUT2D eigenvalue weighted by Crippen LogP contribution is -2.47. The van der Waals surface area contributed by atoms with Crippen LogP contribution in [0.15, 0.2) is 54.6 Å². The van der Waals surface area contributed by atoms with E-state index in [1.807, 2.05) is 29.2 Å². The first-order chi connectivity index (χ1) is 17.7. The summed E-state index contributed by atoms with van der Waals surface area (Å²) in [5.74, 6) is -9.57. The molecule has 1 aliphatic heterocycles. The summed E-state index contributed by atoms with van der Waals surface area (Å²) in [6.07, 6.45) is 3.19. The van der Waals surface area contributed by atoms with Crippen LogP contribution in [0.5, 0.6) is 0 Å². The summed E-state index contributed by atoms with van der Waals surface area (Å²) < 4.78 is 68.7. The van der Waals surface area contributed by atoms with E-state index < -0.39 is 34.8 Å². The van der Waals surface area contributed by atoms with Crippen LogP contribution in [0.3, 0.4) is 0 Å². The van der Waals surface area contributed by atoms with Crippen molar-refractivity contribution in [2.45, 2.75) is 19.8 Å². The van der Waals surface area contributed by atoms with Crippen molar-refractivity contribution in [3.63, 3.8) is 0 Å². The van der Waals surface area contributed by atoms with Crippen molar-refractivity contribution in [2.75, 3.05) is 41.3 Å². The summed E-state index contributed by atoms with van der Waals surface area (Å²) >= 11 is 0. The summed E-state index contributed by atoms with van der Waals surface area (Å²) in [6.45, 7) is 4.99. The number of hydrogen-bond acceptors (Lipinski definition) is 3. The normalized spacial score (nSPS) is 14.1. The largest absolute Gasteiger partial charge is 0.368 e. The standard InChI is InChI=1S/C28H26F5N3O/c1-17(2)19-6-3-18(4-7-19)5-12-22(37)34-20-8-10-21(11-9-20)35-13-15-36(16-14-35)28-26(32)24(30)23(29)25(31)27(28)33/h3-12,17H,13-16H2,1-2H3,(H,34,37)/b12-5+. The molecule has 1 heterocycles. The molecule has 1 saturated heterocycles. The highest BCUT2D eigenvalue weighted by molar-refractivity contribution is 6.02. The maximum atomic E-state index is 14.1. The molecule has 0 unspecified atom stereocenters. The Balaban J connectivity index is 1.34. The summed E-state index contributed by atoms with van der Waals surface area (Å²) in [5, 5.41) is 2.79. The fraction of sp³-hybridized carbons (Fsp3) is 0.250. The number of carbonyl (C=O) groups is 1. The zero-order chi connectivity index (χ0) is 26.7. The van der Waals surface area contributed by atoms with Crippen molar-refractivity contribution >= 4 is 29.0 Å². The van der Waals surface area contributed by atoms with Crippen molar-refractivity contribution in [2.24, 2.45) is 0 Å². The number of carbonyl (C=O) groups excluding carboxylic acids is 1. The Hall–Kier alpha value is -3.88. The third-order valence-corrected chi connectivity index (χ3v) is 6.31. The lowest BCUT2D eigenvalue weighted by molar-refractivity contribution is -0.111. The van der Waals surface area contributed by atoms with Crippen LogP contribution in [-0.2, 0) is 4.79 Å². The SMILES string of the molecule is CC(C)c1ccc(/C=C/C(=O)Nc2ccc(N3CCN(c4c(F)c(F)c(F)c(F)c4F)CC3)cc2)cc1. The summed E-state index contributed by atoms with van der Waals surface area (Å²) in [7, 11) is 0. The fourth-order valence-corrected chi connectivity index (χ4v) is 4.16. The molecular weight excluding hydrogens is 489 g/mol. The molecule has 1 N–H and O–H groups in total. The molecule has 4 nitrogen and oxygen atoms in total. The van der Waals surface area contributed by atoms with E-state index in [9.17, 15) is 26.7 Å². The number of nitrogens with one attached hydrogen (secondary N) is 1. The van der Waals surface area contributed by atoms with E-state index in [0.29, 0.717) is 24.7 Å². The number of benzene rings is 3. The summed E-state index contributed by atoms with van der Waals surface area (Å²) in [4.78, 5) is 15.4. The van der Waals surface area contributed by atoms with Crippen LogP contribution in [0.25, 0.3) is 6.08 Å². The van der Waals surface area contributed by atoms with Gasteiger partial charge in [-0.3, -0.25) is 4.79 Å². The molecule has 37 heavy (non-hydrogen) atoms. The van der Waals surface area contributed by atoms with Gasteiger partial charge >= 0.3 is 0 Å². The number of nitrogens with zero attached hydrogens (tertiary/aromatic N) is 2. The van der Waals surface area contributed by atoms with Gasteiger partial charge in [-0.25, -0.2) is 22.0 Å². The molecule has 0 saturated carbocycles. The van der Waals surface area contributed by atoms with Crippen molar-refractivity contribution in [1.29, 1.82) is 0 Å². The lowest BCUT2D eigenvalue weighted by Gasteiger charge is -2.37. The molecule has 0 radical (unpaired) electrons. The second kappa shape index (κ2) is 11.0. The molecule has 0 aliphatic carbocycles. The number of halogens is 5. The number of hydrogen-bond donors (Lipinski definition) is 1. The zero-order valence-corrected chi connectivity index (χ0v) is 20.4. The predicted octanol–water partition coefficient (Wildman–Crippen LogP) is 6.48. The molecule has 194 valence electrons. The highest BCUT2D eigenvalue weighted by Gasteiger charge is 2.30. The molecule has 1 fully saturated rings. The third-order valence-electron chi connectivity index (χ3n) is 6.31. The van der Waals surface area contributed by atoms with E-state index >= 15 is 0 Å². The van der Waals surface area contributed by atoms with Gasteiger partial charge in [0.2, 0.25) is 11.7 Å². The predicted molar refractivity (Wildman–Crippen MR) is 135 cm³/mol. The zero-order valence-electron chi connectivity index (χ0n) is 20.4. The van der Waals surface area contributed by atoms with Gasteiger partial charge in [0, 0.05) is 43.6 Å². The first-order valence-corrected chi connectivity index (χ1v) is 11.9. The molecule has 3 aromatic rings. The van der Waals surface area contributed by atoms with Gasteiger partial charge in [0.25, 0.3) is 0 Å². The second-order valence-corrected chi connectivity index (χ2v) is 9.08. The van der Waals surface area contributed by atoms with Gasteiger partial charge in [-0.15, -0.1) is 0 Å². The second-order valence-electron chi connectivity index (χ2n) is 9.08. The molecule has 0 bridgehead atoms. The van der Waals surface area contributed by atoms with Crippen LogP contribution < -0.4 is 15.1 Å². The van der Waals surface area contributed by atoms with E-state index in [1.54, 1.807) is 30.3 Å². The third kappa shape index (κ3) is 5.76. The smallest absolute Gasteiger partial charge is 0.248 e. The van der Waals surface area contributed by atoms with Gasteiger partial charge in [-0.05, 0) is 47.4 Å². The van der Waals surface area contributed by atoms with Crippen molar-refractivity contribution in [3.05, 3.63) is 94.8 Å². The highest BCUT2D eigenvalue weighted by atomic mass is 19.2. The lowest BCUT2D eigenvalue weighted by atomic mass is 10.0.